The fraction of sp³-hybridized carbons (Fsp3) is 0.333. The molecule has 196 valence electrons. The van der Waals surface area contributed by atoms with Crippen molar-refractivity contribution in [2.24, 2.45) is 23.7 Å². The first-order chi connectivity index (χ1) is 18.1. The first-order valence-electron chi connectivity index (χ1n) is 12.3. The Hall–Kier alpha value is -3.73. The van der Waals surface area contributed by atoms with Crippen LogP contribution in [0.4, 0.5) is 8.78 Å². The lowest BCUT2D eigenvalue weighted by molar-refractivity contribution is -0.144. The molecule has 2 aliphatic carbocycles. The highest BCUT2D eigenvalue weighted by atomic mass is 32.2. The minimum absolute atomic E-state index is 0.00569. The first kappa shape index (κ1) is 24.6. The molecule has 0 spiro atoms. The summed E-state index contributed by atoms with van der Waals surface area (Å²) in [7, 11) is -4.09. The molecule has 0 amide bonds. The number of hydrogen-bond donors (Lipinski definition) is 1. The molecule has 2 bridgehead atoms. The van der Waals surface area contributed by atoms with Crippen LogP contribution in [0.25, 0.3) is 22.4 Å². The number of aliphatic carboxylic acids is 1. The van der Waals surface area contributed by atoms with E-state index in [1.807, 2.05) is 6.92 Å². The maximum atomic E-state index is 14.8. The van der Waals surface area contributed by atoms with Gasteiger partial charge in [0, 0.05) is 17.1 Å². The Morgan fingerprint density at radius 3 is 2.58 bits per heavy atom. The topological polar surface area (TPSA) is 115 Å². The van der Waals surface area contributed by atoms with E-state index in [9.17, 15) is 27.1 Å². The van der Waals surface area contributed by atoms with Crippen molar-refractivity contribution in [2.75, 3.05) is 0 Å². The molecule has 0 aliphatic heterocycles. The van der Waals surface area contributed by atoms with Crippen LogP contribution in [-0.4, -0.2) is 38.4 Å². The highest BCUT2D eigenvalue weighted by Crippen LogP contribution is 2.53. The van der Waals surface area contributed by atoms with E-state index >= 15 is 0 Å². The predicted octanol–water partition coefficient (Wildman–Crippen LogP) is 4.61. The standard InChI is InChI=1S/C27H24F2N4O4S/c1-14-2-4-18(5-3-14)38(36,37)33-13-22(20-10-17(28)11-31-26(20)33)25-30-12-23(29)24(32-25)9-16-6-15-7-19(16)21(8-15)27(34)35/h2-5,10-13,15-16,19,21H,6-9H2,1H3,(H,34,35). The highest BCUT2D eigenvalue weighted by Gasteiger charge is 2.49. The first-order valence-corrected chi connectivity index (χ1v) is 13.8. The second-order valence-corrected chi connectivity index (χ2v) is 12.1. The third-order valence-corrected chi connectivity index (χ3v) is 9.60. The Morgan fingerprint density at radius 2 is 1.87 bits per heavy atom. The van der Waals surface area contributed by atoms with Gasteiger partial charge in [-0.15, -0.1) is 0 Å². The average molecular weight is 539 g/mol. The number of halogens is 2. The molecule has 0 radical (unpaired) electrons. The number of pyridine rings is 1. The Kier molecular flexibility index (Phi) is 5.78. The Labute approximate surface area is 217 Å². The zero-order valence-electron chi connectivity index (χ0n) is 20.4. The summed E-state index contributed by atoms with van der Waals surface area (Å²) in [4.78, 5) is 24.2. The second kappa shape index (κ2) is 8.93. The van der Waals surface area contributed by atoms with Crippen LogP contribution in [0, 0.1) is 42.2 Å². The monoisotopic (exact) mass is 538 g/mol. The number of benzene rings is 1. The molecule has 4 unspecified atom stereocenters. The smallest absolute Gasteiger partial charge is 0.306 e. The molecule has 4 aromatic rings. The van der Waals surface area contributed by atoms with E-state index in [1.54, 1.807) is 12.1 Å². The Bertz CT molecular complexity index is 1690. The van der Waals surface area contributed by atoms with Gasteiger partial charge < -0.3 is 5.11 Å². The fourth-order valence-electron chi connectivity index (χ4n) is 6.18. The van der Waals surface area contributed by atoms with Crippen molar-refractivity contribution >= 4 is 27.0 Å². The summed E-state index contributed by atoms with van der Waals surface area (Å²) in [5, 5.41) is 9.74. The fourth-order valence-corrected chi connectivity index (χ4v) is 7.50. The van der Waals surface area contributed by atoms with Crippen molar-refractivity contribution in [1.29, 1.82) is 0 Å². The van der Waals surface area contributed by atoms with Gasteiger partial charge in [-0.05, 0) is 68.6 Å². The largest absolute Gasteiger partial charge is 0.481 e. The molecule has 1 N–H and O–H groups in total. The summed E-state index contributed by atoms with van der Waals surface area (Å²) in [5.74, 6) is -2.24. The van der Waals surface area contributed by atoms with E-state index in [2.05, 4.69) is 15.0 Å². The number of aryl methyl sites for hydroxylation is 1. The maximum absolute atomic E-state index is 14.8. The third-order valence-electron chi connectivity index (χ3n) is 7.94. The number of carbonyl (C=O) groups is 1. The molecule has 3 aromatic heterocycles. The van der Waals surface area contributed by atoms with Gasteiger partial charge in [-0.3, -0.25) is 4.79 Å². The summed E-state index contributed by atoms with van der Waals surface area (Å²) in [5.41, 5.74) is 1.21. The molecular weight excluding hydrogens is 514 g/mol. The lowest BCUT2D eigenvalue weighted by Gasteiger charge is -2.26. The van der Waals surface area contributed by atoms with E-state index in [0.29, 0.717) is 12.3 Å². The van der Waals surface area contributed by atoms with Crippen molar-refractivity contribution < 1.29 is 27.1 Å². The molecule has 38 heavy (non-hydrogen) atoms. The van der Waals surface area contributed by atoms with Crippen LogP contribution in [0.3, 0.4) is 0 Å². The van der Waals surface area contributed by atoms with Gasteiger partial charge in [0.25, 0.3) is 10.0 Å². The van der Waals surface area contributed by atoms with Crippen LogP contribution in [-0.2, 0) is 21.2 Å². The van der Waals surface area contributed by atoms with Crippen molar-refractivity contribution in [3.63, 3.8) is 0 Å². The SMILES string of the molecule is Cc1ccc(S(=O)(=O)n2cc(-c3ncc(F)c(CC4CC5CC(C(=O)O)C4C5)n3)c3cc(F)cnc32)cc1. The molecule has 2 aliphatic rings. The third kappa shape index (κ3) is 4.05. The molecule has 0 saturated heterocycles. The summed E-state index contributed by atoms with van der Waals surface area (Å²) in [6, 6.07) is 7.45. The minimum atomic E-state index is -4.09. The maximum Gasteiger partial charge on any atom is 0.306 e. The van der Waals surface area contributed by atoms with Gasteiger partial charge in [-0.2, -0.15) is 0 Å². The molecule has 4 atom stereocenters. The van der Waals surface area contributed by atoms with Gasteiger partial charge in [-0.1, -0.05) is 17.7 Å². The number of nitrogens with zero attached hydrogens (tertiary/aromatic N) is 4. The van der Waals surface area contributed by atoms with Crippen LogP contribution < -0.4 is 0 Å². The summed E-state index contributed by atoms with van der Waals surface area (Å²) < 4.78 is 57.0. The van der Waals surface area contributed by atoms with E-state index in [4.69, 9.17) is 0 Å². The van der Waals surface area contributed by atoms with E-state index in [-0.39, 0.29) is 51.3 Å². The van der Waals surface area contributed by atoms with E-state index in [0.717, 1.165) is 40.8 Å². The number of aromatic nitrogens is 4. The number of fused-ring (bicyclic) bond motifs is 3. The van der Waals surface area contributed by atoms with Crippen molar-refractivity contribution in [3.05, 3.63) is 71.8 Å². The van der Waals surface area contributed by atoms with Gasteiger partial charge in [0.05, 0.1) is 28.9 Å². The van der Waals surface area contributed by atoms with Crippen LogP contribution >= 0.6 is 0 Å². The number of hydrogen-bond acceptors (Lipinski definition) is 6. The van der Waals surface area contributed by atoms with Crippen molar-refractivity contribution in [3.8, 4) is 11.4 Å². The summed E-state index contributed by atoms with van der Waals surface area (Å²) in [6.07, 6.45) is 5.76. The second-order valence-electron chi connectivity index (χ2n) is 10.3. The molecule has 11 heteroatoms. The van der Waals surface area contributed by atoms with Crippen LogP contribution in [0.15, 0.2) is 53.8 Å². The quantitative estimate of drug-likeness (QED) is 0.381. The lowest BCUT2D eigenvalue weighted by Crippen LogP contribution is -2.28. The average Bonchev–Trinajstić information content (AvgIpc) is 3.58. The van der Waals surface area contributed by atoms with Crippen molar-refractivity contribution in [1.82, 2.24) is 18.9 Å². The predicted molar refractivity (Wildman–Crippen MR) is 134 cm³/mol. The number of rotatable bonds is 6. The van der Waals surface area contributed by atoms with Crippen LogP contribution in [0.2, 0.25) is 0 Å². The molecule has 6 rings (SSSR count). The normalized spacial score (nSPS) is 22.8. The van der Waals surface area contributed by atoms with Crippen LogP contribution in [0.5, 0.6) is 0 Å². The van der Waals surface area contributed by atoms with Gasteiger partial charge in [0.1, 0.15) is 5.82 Å². The highest BCUT2D eigenvalue weighted by molar-refractivity contribution is 7.90. The van der Waals surface area contributed by atoms with E-state index in [1.165, 1.54) is 18.3 Å². The number of carboxylic acids is 1. The van der Waals surface area contributed by atoms with Crippen molar-refractivity contribution in [2.45, 2.75) is 37.5 Å². The Balaban J connectivity index is 1.42. The molecule has 2 fully saturated rings. The van der Waals surface area contributed by atoms with Gasteiger partial charge in [0.2, 0.25) is 0 Å². The van der Waals surface area contributed by atoms with Gasteiger partial charge in [0.15, 0.2) is 17.3 Å². The van der Waals surface area contributed by atoms with E-state index < -0.39 is 33.5 Å². The number of carboxylic acid groups (broad SMARTS) is 1. The zero-order chi connectivity index (χ0) is 26.8. The molecule has 1 aromatic carbocycles. The molecule has 3 heterocycles. The lowest BCUT2D eigenvalue weighted by atomic mass is 9.78. The molecule has 8 nitrogen and oxygen atoms in total. The van der Waals surface area contributed by atoms with Gasteiger partial charge in [-0.25, -0.2) is 36.1 Å². The van der Waals surface area contributed by atoms with Crippen LogP contribution in [0.1, 0.15) is 30.5 Å². The summed E-state index contributed by atoms with van der Waals surface area (Å²) in [6.45, 7) is 1.84. The zero-order valence-corrected chi connectivity index (χ0v) is 21.2. The summed E-state index contributed by atoms with van der Waals surface area (Å²) >= 11 is 0. The minimum Gasteiger partial charge on any atom is -0.481 e. The molecule has 2 saturated carbocycles. The molecular formula is C27H24F2N4O4S. The van der Waals surface area contributed by atoms with Gasteiger partial charge >= 0.3 is 5.97 Å². The Morgan fingerprint density at radius 1 is 1.11 bits per heavy atom.